The summed E-state index contributed by atoms with van der Waals surface area (Å²) in [5.41, 5.74) is 2.18. The van der Waals surface area contributed by atoms with Crippen molar-refractivity contribution in [1.29, 1.82) is 0 Å². The first-order valence-electron chi connectivity index (χ1n) is 4.91. The lowest BCUT2D eigenvalue weighted by Gasteiger charge is -2.13. The molecular weight excluding hydrogens is 253 g/mol. The minimum atomic E-state index is -4.29. The number of alkyl halides is 3. The van der Waals surface area contributed by atoms with E-state index in [1.54, 1.807) is 19.0 Å². The Balaban J connectivity index is 2.73. The first-order valence-corrected chi connectivity index (χ1v) is 4.91. The maximum Gasteiger partial charge on any atom is 0.392 e. The highest BCUT2D eigenvalue weighted by atomic mass is 19.4. The molecule has 0 saturated heterocycles. The fourth-order valence-electron chi connectivity index (χ4n) is 0.933. The number of nitrogen functional groups attached to an aromatic ring is 1. The summed E-state index contributed by atoms with van der Waals surface area (Å²) in [6, 6.07) is -0.217. The van der Waals surface area contributed by atoms with E-state index in [4.69, 9.17) is 10.6 Å². The minimum Gasteiger partial charge on any atom is -0.463 e. The van der Waals surface area contributed by atoms with Crippen molar-refractivity contribution >= 4 is 11.9 Å². The van der Waals surface area contributed by atoms with Crippen molar-refractivity contribution in [2.24, 2.45) is 5.84 Å². The maximum absolute atomic E-state index is 11.9. The van der Waals surface area contributed by atoms with Gasteiger partial charge in [-0.25, -0.2) is 5.84 Å². The number of halogens is 3. The van der Waals surface area contributed by atoms with Crippen LogP contribution < -0.4 is 20.9 Å². The van der Waals surface area contributed by atoms with E-state index >= 15 is 0 Å². The van der Waals surface area contributed by atoms with Gasteiger partial charge in [0.15, 0.2) is 0 Å². The number of rotatable bonds is 5. The monoisotopic (exact) mass is 266 g/mol. The Kier molecular flexibility index (Phi) is 4.48. The zero-order chi connectivity index (χ0) is 13.8. The molecule has 0 fully saturated rings. The number of nitrogens with two attached hydrogens (primary N) is 1. The normalized spacial score (nSPS) is 11.2. The van der Waals surface area contributed by atoms with Crippen LogP contribution in [0.25, 0.3) is 0 Å². The van der Waals surface area contributed by atoms with E-state index in [1.165, 1.54) is 0 Å². The molecule has 0 atom stereocenters. The van der Waals surface area contributed by atoms with Gasteiger partial charge in [-0.2, -0.15) is 28.1 Å². The summed E-state index contributed by atoms with van der Waals surface area (Å²) in [6.07, 6.45) is -5.37. The number of hydrogen-bond donors (Lipinski definition) is 2. The fourth-order valence-corrected chi connectivity index (χ4v) is 0.933. The van der Waals surface area contributed by atoms with Gasteiger partial charge in [-0.15, -0.1) is 0 Å². The lowest BCUT2D eigenvalue weighted by molar-refractivity contribution is -0.139. The summed E-state index contributed by atoms with van der Waals surface area (Å²) in [7, 11) is 3.32. The van der Waals surface area contributed by atoms with E-state index in [0.29, 0.717) is 0 Å². The van der Waals surface area contributed by atoms with Gasteiger partial charge in [-0.1, -0.05) is 0 Å². The predicted octanol–water partition coefficient (Wildman–Crippen LogP) is 0.554. The van der Waals surface area contributed by atoms with Crippen molar-refractivity contribution in [3.8, 4) is 6.01 Å². The van der Waals surface area contributed by atoms with Crippen molar-refractivity contribution in [1.82, 2.24) is 15.0 Å². The maximum atomic E-state index is 11.9. The highest BCUT2D eigenvalue weighted by Crippen LogP contribution is 2.20. The van der Waals surface area contributed by atoms with E-state index in [9.17, 15) is 13.2 Å². The second-order valence-electron chi connectivity index (χ2n) is 3.49. The lowest BCUT2D eigenvalue weighted by Crippen LogP contribution is -2.19. The van der Waals surface area contributed by atoms with E-state index in [0.717, 1.165) is 0 Å². The van der Waals surface area contributed by atoms with E-state index in [2.05, 4.69) is 20.4 Å². The number of aromatic nitrogens is 3. The molecule has 0 unspecified atom stereocenters. The number of ether oxygens (including phenoxy) is 1. The highest BCUT2D eigenvalue weighted by molar-refractivity contribution is 5.35. The molecule has 0 aromatic carbocycles. The van der Waals surface area contributed by atoms with Gasteiger partial charge < -0.3 is 9.64 Å². The third-order valence-electron chi connectivity index (χ3n) is 1.75. The number of hydrazine groups is 1. The molecule has 0 saturated carbocycles. The van der Waals surface area contributed by atoms with Crippen LogP contribution >= 0.6 is 0 Å². The third kappa shape index (κ3) is 4.57. The van der Waals surface area contributed by atoms with Gasteiger partial charge in [0.25, 0.3) is 0 Å². The fraction of sp³-hybridized carbons (Fsp3) is 0.625. The molecule has 0 bridgehead atoms. The highest BCUT2D eigenvalue weighted by Gasteiger charge is 2.27. The molecule has 7 nitrogen and oxygen atoms in total. The Morgan fingerprint density at radius 2 is 1.94 bits per heavy atom. The van der Waals surface area contributed by atoms with Crippen molar-refractivity contribution in [3.63, 3.8) is 0 Å². The second kappa shape index (κ2) is 5.67. The zero-order valence-electron chi connectivity index (χ0n) is 9.82. The Hall–Kier alpha value is -1.84. The minimum absolute atomic E-state index is 0.00992. The number of anilines is 2. The van der Waals surface area contributed by atoms with Crippen LogP contribution in [0.5, 0.6) is 6.01 Å². The lowest BCUT2D eigenvalue weighted by atomic mass is 10.4. The molecule has 1 aromatic rings. The van der Waals surface area contributed by atoms with Crippen molar-refractivity contribution in [3.05, 3.63) is 0 Å². The molecule has 102 valence electrons. The van der Waals surface area contributed by atoms with Crippen LogP contribution in [0.15, 0.2) is 0 Å². The number of hydrogen-bond acceptors (Lipinski definition) is 7. The predicted molar refractivity (Wildman–Crippen MR) is 58.1 cm³/mol. The first-order chi connectivity index (χ1) is 8.31. The van der Waals surface area contributed by atoms with Gasteiger partial charge in [-0.05, 0) is 0 Å². The number of nitrogens with one attached hydrogen (secondary N) is 1. The molecule has 0 amide bonds. The van der Waals surface area contributed by atoms with Gasteiger partial charge in [0, 0.05) is 14.1 Å². The Labute approximate surface area is 101 Å². The quantitative estimate of drug-likeness (QED) is 0.594. The van der Waals surface area contributed by atoms with Gasteiger partial charge >= 0.3 is 12.2 Å². The Morgan fingerprint density at radius 1 is 1.28 bits per heavy atom. The van der Waals surface area contributed by atoms with E-state index < -0.39 is 19.2 Å². The molecule has 0 aliphatic carbocycles. The Bertz CT molecular complexity index is 397. The largest absolute Gasteiger partial charge is 0.463 e. The topological polar surface area (TPSA) is 89.2 Å². The molecule has 18 heavy (non-hydrogen) atoms. The molecule has 0 spiro atoms. The average molecular weight is 266 g/mol. The van der Waals surface area contributed by atoms with Crippen LogP contribution in [-0.4, -0.2) is 41.8 Å². The van der Waals surface area contributed by atoms with Gasteiger partial charge in [0.05, 0.1) is 6.42 Å². The smallest absolute Gasteiger partial charge is 0.392 e. The van der Waals surface area contributed by atoms with Crippen LogP contribution in [0.2, 0.25) is 0 Å². The molecule has 0 radical (unpaired) electrons. The van der Waals surface area contributed by atoms with E-state index in [-0.39, 0.29) is 17.9 Å². The van der Waals surface area contributed by atoms with Crippen LogP contribution in [0.1, 0.15) is 6.42 Å². The van der Waals surface area contributed by atoms with Gasteiger partial charge in [0.1, 0.15) is 6.61 Å². The molecule has 3 N–H and O–H groups in total. The summed E-state index contributed by atoms with van der Waals surface area (Å²) in [5, 5.41) is 0. The molecule has 0 aliphatic rings. The van der Waals surface area contributed by atoms with E-state index in [1.807, 2.05) is 0 Å². The first kappa shape index (κ1) is 14.2. The van der Waals surface area contributed by atoms with Crippen LogP contribution in [-0.2, 0) is 0 Å². The van der Waals surface area contributed by atoms with Crippen LogP contribution in [0.4, 0.5) is 25.1 Å². The molecule has 1 rings (SSSR count). The molecule has 0 aliphatic heterocycles. The van der Waals surface area contributed by atoms with Gasteiger partial charge in [-0.3, -0.25) is 5.43 Å². The van der Waals surface area contributed by atoms with Crippen LogP contribution in [0.3, 0.4) is 0 Å². The zero-order valence-corrected chi connectivity index (χ0v) is 9.82. The summed E-state index contributed by atoms with van der Waals surface area (Å²) >= 11 is 0. The standard InChI is InChI=1S/C8H13F3N6O/c1-17(2)6-13-5(16-12)14-7(15-6)18-4-3-8(9,10)11/h3-4,12H2,1-2H3,(H,13,14,15,16). The summed E-state index contributed by atoms with van der Waals surface area (Å²) in [5.74, 6) is 5.36. The molecule has 1 aromatic heterocycles. The third-order valence-corrected chi connectivity index (χ3v) is 1.75. The molecular formula is C8H13F3N6O. The van der Waals surface area contributed by atoms with Gasteiger partial charge in [0.2, 0.25) is 11.9 Å². The average Bonchev–Trinajstić information content (AvgIpc) is 2.26. The number of nitrogens with zero attached hydrogens (tertiary/aromatic N) is 4. The van der Waals surface area contributed by atoms with Crippen molar-refractivity contribution in [2.75, 3.05) is 31.0 Å². The van der Waals surface area contributed by atoms with Crippen LogP contribution in [0, 0.1) is 0 Å². The summed E-state index contributed by atoms with van der Waals surface area (Å²) < 4.78 is 40.6. The SMILES string of the molecule is CN(C)c1nc(NN)nc(OCCC(F)(F)F)n1. The van der Waals surface area contributed by atoms with Crippen molar-refractivity contribution in [2.45, 2.75) is 12.6 Å². The van der Waals surface area contributed by atoms with Crippen molar-refractivity contribution < 1.29 is 17.9 Å². The summed E-state index contributed by atoms with van der Waals surface area (Å²) in [6.45, 7) is -0.565. The Morgan fingerprint density at radius 3 is 2.44 bits per heavy atom. The second-order valence-corrected chi connectivity index (χ2v) is 3.49. The molecule has 1 heterocycles. The molecule has 10 heteroatoms. The summed E-state index contributed by atoms with van der Waals surface area (Å²) in [4.78, 5) is 12.9.